The van der Waals surface area contributed by atoms with Crippen molar-refractivity contribution in [2.45, 2.75) is 0 Å². The van der Waals surface area contributed by atoms with Crippen molar-refractivity contribution in [1.82, 2.24) is 4.98 Å². The van der Waals surface area contributed by atoms with Crippen LogP contribution in [0, 0.1) is 11.6 Å². The van der Waals surface area contributed by atoms with Crippen molar-refractivity contribution in [3.63, 3.8) is 0 Å². The quantitative estimate of drug-likeness (QED) is 0.585. The van der Waals surface area contributed by atoms with Crippen LogP contribution >= 0.6 is 12.4 Å². The summed E-state index contributed by atoms with van der Waals surface area (Å²) in [5.41, 5.74) is 2.87. The summed E-state index contributed by atoms with van der Waals surface area (Å²) in [7, 11) is 0. The van der Waals surface area contributed by atoms with Gasteiger partial charge in [0.15, 0.2) is 11.6 Å². The average molecular weight is 232 g/mol. The number of pyridine rings is 1. The van der Waals surface area contributed by atoms with Gasteiger partial charge in [0.05, 0.1) is 5.69 Å². The summed E-state index contributed by atoms with van der Waals surface area (Å²) in [6, 6.07) is 4.05. The third kappa shape index (κ3) is 1.84. The summed E-state index contributed by atoms with van der Waals surface area (Å²) in [5, 5.41) is 0.453. The van der Waals surface area contributed by atoms with Gasteiger partial charge in [-0.1, -0.05) is 0 Å². The molecule has 1 aromatic carbocycles. The summed E-state index contributed by atoms with van der Waals surface area (Å²) in [6.45, 7) is 0. The molecule has 0 aliphatic carbocycles. The van der Waals surface area contributed by atoms with Crippen LogP contribution in [0.25, 0.3) is 10.9 Å². The number of nitrogen functional groups attached to an aromatic ring is 1. The Morgan fingerprint density at radius 1 is 1.20 bits per heavy atom. The number of anilines is 1. The lowest BCUT2D eigenvalue weighted by molar-refractivity contribution is 0.515. The first kappa shape index (κ1) is 11.6. The number of nitrogens with one attached hydrogen (secondary N) is 1. The van der Waals surface area contributed by atoms with Crippen LogP contribution in [0.1, 0.15) is 0 Å². The van der Waals surface area contributed by atoms with E-state index in [0.29, 0.717) is 11.1 Å². The van der Waals surface area contributed by atoms with E-state index in [-0.39, 0.29) is 17.9 Å². The van der Waals surface area contributed by atoms with E-state index < -0.39 is 11.6 Å². The van der Waals surface area contributed by atoms with Crippen LogP contribution in [0.4, 0.5) is 14.5 Å². The number of hydrogen-bond donors (Lipinski definition) is 2. The first-order valence-electron chi connectivity index (χ1n) is 3.93. The van der Waals surface area contributed by atoms with Gasteiger partial charge in [-0.2, -0.15) is 0 Å². The molecule has 3 N–H and O–H groups in total. The van der Waals surface area contributed by atoms with Crippen molar-refractivity contribution >= 4 is 29.0 Å². The van der Waals surface area contributed by atoms with Gasteiger partial charge >= 0.3 is 0 Å². The molecule has 0 radical (unpaired) electrons. The van der Waals surface area contributed by atoms with E-state index >= 15 is 0 Å². The number of benzene rings is 1. The number of fused-ring (bicyclic) bond motifs is 1. The number of nitrogens with two attached hydrogens (primary N) is 1. The molecule has 0 saturated heterocycles. The van der Waals surface area contributed by atoms with Crippen LogP contribution in [0.5, 0.6) is 0 Å². The zero-order chi connectivity index (χ0) is 10.1. The Labute approximate surface area is 90.7 Å². The minimum Gasteiger partial charge on any atom is -0.323 e. The van der Waals surface area contributed by atoms with E-state index in [0.717, 1.165) is 6.07 Å². The maximum atomic E-state index is 13.2. The second-order valence-corrected chi connectivity index (χ2v) is 2.76. The molecule has 2 aromatic rings. The number of hydrogen-bond acceptors (Lipinski definition) is 3. The molecule has 0 spiro atoms. The third-order valence-corrected chi connectivity index (χ3v) is 1.96. The molecular formula is C9H8ClF2N3. The number of aromatic nitrogens is 1. The lowest BCUT2D eigenvalue weighted by Gasteiger charge is -2.05. The second-order valence-electron chi connectivity index (χ2n) is 2.76. The highest BCUT2D eigenvalue weighted by molar-refractivity contribution is 5.91. The highest BCUT2D eigenvalue weighted by Gasteiger charge is 2.09. The number of hydrazine groups is 1. The lowest BCUT2D eigenvalue weighted by Crippen LogP contribution is -2.07. The van der Waals surface area contributed by atoms with E-state index in [1.807, 2.05) is 0 Å². The lowest BCUT2D eigenvalue weighted by atomic mass is 10.2. The highest BCUT2D eigenvalue weighted by Crippen LogP contribution is 2.23. The molecular weight excluding hydrogens is 224 g/mol. The van der Waals surface area contributed by atoms with Crippen LogP contribution < -0.4 is 11.3 Å². The average Bonchev–Trinajstić information content (AvgIpc) is 2.23. The fourth-order valence-corrected chi connectivity index (χ4v) is 1.29. The largest absolute Gasteiger partial charge is 0.323 e. The molecule has 0 aliphatic rings. The van der Waals surface area contributed by atoms with Gasteiger partial charge in [-0.3, -0.25) is 10.8 Å². The van der Waals surface area contributed by atoms with Crippen LogP contribution in [-0.2, 0) is 0 Å². The fraction of sp³-hybridized carbons (Fsp3) is 0. The molecule has 6 heteroatoms. The van der Waals surface area contributed by atoms with Gasteiger partial charge in [0.2, 0.25) is 0 Å². The maximum Gasteiger partial charge on any atom is 0.185 e. The monoisotopic (exact) mass is 231 g/mol. The molecule has 2 rings (SSSR count). The number of rotatable bonds is 1. The van der Waals surface area contributed by atoms with Gasteiger partial charge in [0.25, 0.3) is 0 Å². The van der Waals surface area contributed by atoms with Crippen molar-refractivity contribution in [1.29, 1.82) is 0 Å². The Morgan fingerprint density at radius 3 is 2.60 bits per heavy atom. The Hall–Kier alpha value is -1.46. The Morgan fingerprint density at radius 2 is 1.93 bits per heavy atom. The first-order valence-corrected chi connectivity index (χ1v) is 3.93. The number of halogens is 3. The predicted octanol–water partition coefficient (Wildman–Crippen LogP) is 2.22. The topological polar surface area (TPSA) is 50.9 Å². The molecule has 0 atom stereocenters. The molecule has 0 fully saturated rings. The van der Waals surface area contributed by atoms with E-state index in [9.17, 15) is 8.78 Å². The van der Waals surface area contributed by atoms with E-state index in [2.05, 4.69) is 10.4 Å². The molecule has 0 aliphatic heterocycles. The molecule has 0 unspecified atom stereocenters. The molecule has 0 saturated carbocycles. The van der Waals surface area contributed by atoms with Gasteiger partial charge in [-0.05, 0) is 18.2 Å². The first-order chi connectivity index (χ1) is 6.74. The molecule has 0 amide bonds. The molecule has 3 nitrogen and oxygen atoms in total. The minimum atomic E-state index is -0.959. The highest BCUT2D eigenvalue weighted by atomic mass is 35.5. The van der Waals surface area contributed by atoms with Crippen LogP contribution in [0.3, 0.4) is 0 Å². The Bertz CT molecular complexity index is 490. The minimum absolute atomic E-state index is 0. The van der Waals surface area contributed by atoms with E-state index in [1.165, 1.54) is 12.3 Å². The predicted molar refractivity (Wildman–Crippen MR) is 56.7 cm³/mol. The summed E-state index contributed by atoms with van der Waals surface area (Å²) < 4.78 is 26.0. The van der Waals surface area contributed by atoms with E-state index in [4.69, 9.17) is 5.84 Å². The Kier molecular flexibility index (Phi) is 3.39. The van der Waals surface area contributed by atoms with E-state index in [1.54, 1.807) is 6.07 Å². The van der Waals surface area contributed by atoms with Gasteiger partial charge in [-0.25, -0.2) is 8.78 Å². The number of nitrogens with zero attached hydrogens (tertiary/aromatic N) is 1. The van der Waals surface area contributed by atoms with Crippen molar-refractivity contribution in [3.8, 4) is 0 Å². The SMILES string of the molecule is Cl.NNc1ccnc2c(F)c(F)ccc12. The second kappa shape index (κ2) is 4.37. The smallest absolute Gasteiger partial charge is 0.185 e. The molecule has 1 aromatic heterocycles. The summed E-state index contributed by atoms with van der Waals surface area (Å²) >= 11 is 0. The van der Waals surface area contributed by atoms with Crippen molar-refractivity contribution in [3.05, 3.63) is 36.0 Å². The van der Waals surface area contributed by atoms with Gasteiger partial charge in [0.1, 0.15) is 5.52 Å². The zero-order valence-electron chi connectivity index (χ0n) is 7.50. The molecule has 80 valence electrons. The summed E-state index contributed by atoms with van der Waals surface area (Å²) in [4.78, 5) is 3.74. The van der Waals surface area contributed by atoms with Crippen LogP contribution in [0.2, 0.25) is 0 Å². The fourth-order valence-electron chi connectivity index (χ4n) is 1.29. The van der Waals surface area contributed by atoms with Crippen molar-refractivity contribution < 1.29 is 8.78 Å². The normalized spacial score (nSPS) is 9.80. The molecule has 15 heavy (non-hydrogen) atoms. The van der Waals surface area contributed by atoms with Crippen molar-refractivity contribution in [2.24, 2.45) is 5.84 Å². The third-order valence-electron chi connectivity index (χ3n) is 1.96. The zero-order valence-corrected chi connectivity index (χ0v) is 8.31. The maximum absolute atomic E-state index is 13.2. The molecule has 1 heterocycles. The van der Waals surface area contributed by atoms with Gasteiger partial charge in [0, 0.05) is 11.6 Å². The van der Waals surface area contributed by atoms with Gasteiger partial charge < -0.3 is 5.43 Å². The van der Waals surface area contributed by atoms with Crippen LogP contribution in [-0.4, -0.2) is 4.98 Å². The standard InChI is InChI=1S/C9H7F2N3.ClH/c10-6-2-1-5-7(14-12)3-4-13-9(5)8(6)11;/h1-4H,12H2,(H,13,14);1H. The van der Waals surface area contributed by atoms with Gasteiger partial charge in [-0.15, -0.1) is 12.4 Å². The van der Waals surface area contributed by atoms with Crippen LogP contribution in [0.15, 0.2) is 24.4 Å². The molecule has 0 bridgehead atoms. The van der Waals surface area contributed by atoms with Crippen molar-refractivity contribution in [2.75, 3.05) is 5.43 Å². The Balaban J connectivity index is 0.00000112. The summed E-state index contributed by atoms with van der Waals surface area (Å²) in [6.07, 6.45) is 1.36. The summed E-state index contributed by atoms with van der Waals surface area (Å²) in [5.74, 6) is 3.33.